The average molecular weight is 602 g/mol. The molecular weight excluding hydrogens is 572 g/mol. The van der Waals surface area contributed by atoms with Gasteiger partial charge in [-0.25, -0.2) is 0 Å². The molecule has 1 atom stereocenters. The number of ether oxygens (including phenoxy) is 1. The van der Waals surface area contributed by atoms with Crippen LogP contribution >= 0.6 is 0 Å². The highest BCUT2D eigenvalue weighted by atomic mass is 19.4. The number of carbonyl (C=O) groups excluding carboxylic acids is 1. The van der Waals surface area contributed by atoms with Crippen molar-refractivity contribution in [3.8, 4) is 0 Å². The molecule has 3 aromatic carbocycles. The Hall–Kier alpha value is -4.22. The van der Waals surface area contributed by atoms with Crippen LogP contribution in [0.1, 0.15) is 39.3 Å². The van der Waals surface area contributed by atoms with Crippen LogP contribution in [0, 0.1) is 0 Å². The van der Waals surface area contributed by atoms with E-state index in [0.717, 1.165) is 16.7 Å². The molecule has 0 aliphatic carbocycles. The number of benzene rings is 3. The van der Waals surface area contributed by atoms with E-state index in [1.165, 1.54) is 0 Å². The monoisotopic (exact) mass is 601 g/mol. The molecule has 4 aromatic rings. The maximum absolute atomic E-state index is 13.4. The van der Waals surface area contributed by atoms with E-state index in [9.17, 15) is 31.1 Å². The molecule has 0 aliphatic rings. The third kappa shape index (κ3) is 9.39. The molecule has 43 heavy (non-hydrogen) atoms. The summed E-state index contributed by atoms with van der Waals surface area (Å²) >= 11 is 0. The SMILES string of the molecule is O=C(CNC(COCc1cc(C(F)(F)F)cc(C(F)(F)F)c1)C(c1ccccc1)c1ccccc1)NCc1cccnc1. The van der Waals surface area contributed by atoms with Gasteiger partial charge in [0.05, 0.1) is 30.9 Å². The van der Waals surface area contributed by atoms with Gasteiger partial charge in [0.2, 0.25) is 5.91 Å². The van der Waals surface area contributed by atoms with Crippen molar-refractivity contribution in [3.63, 3.8) is 0 Å². The Labute approximate surface area is 244 Å². The molecule has 1 unspecified atom stereocenters. The first-order valence-corrected chi connectivity index (χ1v) is 13.4. The second kappa shape index (κ2) is 14.3. The number of aromatic nitrogens is 1. The third-order valence-corrected chi connectivity index (χ3v) is 6.67. The maximum atomic E-state index is 13.4. The van der Waals surface area contributed by atoms with Crippen LogP contribution in [0.4, 0.5) is 26.3 Å². The molecule has 11 heteroatoms. The van der Waals surface area contributed by atoms with Gasteiger partial charge in [0, 0.05) is 30.9 Å². The van der Waals surface area contributed by atoms with Crippen molar-refractivity contribution in [2.75, 3.05) is 13.2 Å². The predicted octanol–water partition coefficient (Wildman–Crippen LogP) is 6.74. The molecule has 0 spiro atoms. The summed E-state index contributed by atoms with van der Waals surface area (Å²) in [6, 6.07) is 23.1. The van der Waals surface area contributed by atoms with E-state index in [4.69, 9.17) is 4.74 Å². The number of hydrogen-bond acceptors (Lipinski definition) is 4. The smallest absolute Gasteiger partial charge is 0.375 e. The van der Waals surface area contributed by atoms with Gasteiger partial charge in [-0.3, -0.25) is 9.78 Å². The van der Waals surface area contributed by atoms with Crippen molar-refractivity contribution in [2.45, 2.75) is 37.5 Å². The van der Waals surface area contributed by atoms with Gasteiger partial charge >= 0.3 is 12.4 Å². The Morgan fingerprint density at radius 1 is 0.767 bits per heavy atom. The van der Waals surface area contributed by atoms with E-state index in [2.05, 4.69) is 15.6 Å². The van der Waals surface area contributed by atoms with Crippen LogP contribution in [0.5, 0.6) is 0 Å². The lowest BCUT2D eigenvalue weighted by atomic mass is 9.85. The highest BCUT2D eigenvalue weighted by molar-refractivity contribution is 5.78. The summed E-state index contributed by atoms with van der Waals surface area (Å²) in [5, 5.41) is 6.00. The fraction of sp³-hybridized carbons (Fsp3) is 0.250. The second-order valence-electron chi connectivity index (χ2n) is 9.85. The van der Waals surface area contributed by atoms with Gasteiger partial charge in [-0.1, -0.05) is 66.7 Å². The van der Waals surface area contributed by atoms with Crippen molar-refractivity contribution in [1.82, 2.24) is 15.6 Å². The van der Waals surface area contributed by atoms with Crippen LogP contribution < -0.4 is 10.6 Å². The van der Waals surface area contributed by atoms with Gasteiger partial charge in [0.15, 0.2) is 0 Å². The molecule has 1 amide bonds. The third-order valence-electron chi connectivity index (χ3n) is 6.67. The van der Waals surface area contributed by atoms with Crippen molar-refractivity contribution < 1.29 is 35.9 Å². The largest absolute Gasteiger partial charge is 0.416 e. The van der Waals surface area contributed by atoms with Gasteiger partial charge in [-0.15, -0.1) is 0 Å². The van der Waals surface area contributed by atoms with Crippen molar-refractivity contribution in [1.29, 1.82) is 0 Å². The Morgan fingerprint density at radius 3 is 1.86 bits per heavy atom. The molecule has 1 aromatic heterocycles. The minimum Gasteiger partial charge on any atom is -0.375 e. The summed E-state index contributed by atoms with van der Waals surface area (Å²) in [4.78, 5) is 16.7. The first-order chi connectivity index (χ1) is 20.5. The van der Waals surface area contributed by atoms with Crippen LogP contribution in [0.15, 0.2) is 103 Å². The standard InChI is InChI=1S/C32H29F6N3O2/c33-31(34,35)26-14-23(15-27(16-26)32(36,37)38)20-43-21-28(40-19-29(42)41-18-22-8-7-13-39-17-22)30(24-9-3-1-4-10-24)25-11-5-2-6-12-25/h1-17,28,30,40H,18-21H2,(H,41,42). The van der Waals surface area contributed by atoms with Gasteiger partial charge in [0.25, 0.3) is 0 Å². The Kier molecular flexibility index (Phi) is 10.5. The molecule has 2 N–H and O–H groups in total. The number of hydrogen-bond donors (Lipinski definition) is 2. The fourth-order valence-corrected chi connectivity index (χ4v) is 4.65. The Morgan fingerprint density at radius 2 is 1.35 bits per heavy atom. The molecule has 0 bridgehead atoms. The number of carbonyl (C=O) groups is 1. The van der Waals surface area contributed by atoms with E-state index in [1.807, 2.05) is 66.7 Å². The first-order valence-electron chi connectivity index (χ1n) is 13.4. The number of nitrogens with one attached hydrogen (secondary N) is 2. The van der Waals surface area contributed by atoms with Crippen LogP contribution in [0.25, 0.3) is 0 Å². The lowest BCUT2D eigenvalue weighted by molar-refractivity contribution is -0.143. The zero-order valence-electron chi connectivity index (χ0n) is 22.8. The van der Waals surface area contributed by atoms with E-state index in [0.29, 0.717) is 12.1 Å². The molecule has 0 aliphatic heterocycles. The molecule has 4 rings (SSSR count). The number of halogens is 6. The molecular formula is C32H29F6N3O2. The summed E-state index contributed by atoms with van der Waals surface area (Å²) in [6.45, 7) is -0.490. The minimum atomic E-state index is -4.96. The van der Waals surface area contributed by atoms with E-state index in [1.54, 1.807) is 18.5 Å². The van der Waals surface area contributed by atoms with Crippen molar-refractivity contribution in [3.05, 3.63) is 137 Å². The first kappa shape index (κ1) is 31.7. The number of rotatable bonds is 12. The zero-order chi connectivity index (χ0) is 30.9. The maximum Gasteiger partial charge on any atom is 0.416 e. The Balaban J connectivity index is 1.55. The van der Waals surface area contributed by atoms with E-state index in [-0.39, 0.29) is 43.2 Å². The predicted molar refractivity (Wildman–Crippen MR) is 149 cm³/mol. The molecule has 1 heterocycles. The van der Waals surface area contributed by atoms with Crippen molar-refractivity contribution in [2.24, 2.45) is 0 Å². The van der Waals surface area contributed by atoms with Crippen LogP contribution in [-0.4, -0.2) is 30.1 Å². The lowest BCUT2D eigenvalue weighted by Gasteiger charge is -2.29. The molecule has 5 nitrogen and oxygen atoms in total. The summed E-state index contributed by atoms with van der Waals surface area (Å²) in [5.74, 6) is -0.679. The molecule has 0 saturated carbocycles. The highest BCUT2D eigenvalue weighted by Gasteiger charge is 2.37. The van der Waals surface area contributed by atoms with Gasteiger partial charge < -0.3 is 15.4 Å². The van der Waals surface area contributed by atoms with Crippen LogP contribution in [-0.2, 0) is 35.0 Å². The van der Waals surface area contributed by atoms with Crippen molar-refractivity contribution >= 4 is 5.91 Å². The topological polar surface area (TPSA) is 63.2 Å². The number of pyridine rings is 1. The average Bonchev–Trinajstić information content (AvgIpc) is 2.99. The molecule has 0 saturated heterocycles. The molecule has 0 fully saturated rings. The molecule has 226 valence electrons. The van der Waals surface area contributed by atoms with Crippen LogP contribution in [0.2, 0.25) is 0 Å². The second-order valence-corrected chi connectivity index (χ2v) is 9.85. The Bertz CT molecular complexity index is 1380. The van der Waals surface area contributed by atoms with Gasteiger partial charge in [0.1, 0.15) is 0 Å². The normalized spacial score (nSPS) is 12.7. The quantitative estimate of drug-likeness (QED) is 0.177. The van der Waals surface area contributed by atoms with Gasteiger partial charge in [-0.05, 0) is 46.5 Å². The highest BCUT2D eigenvalue weighted by Crippen LogP contribution is 2.36. The summed E-state index contributed by atoms with van der Waals surface area (Å²) in [7, 11) is 0. The number of amides is 1. The van der Waals surface area contributed by atoms with E-state index >= 15 is 0 Å². The van der Waals surface area contributed by atoms with E-state index < -0.39 is 36.1 Å². The summed E-state index contributed by atoms with van der Waals surface area (Å²) in [6.07, 6.45) is -6.68. The lowest BCUT2D eigenvalue weighted by Crippen LogP contribution is -2.44. The summed E-state index contributed by atoms with van der Waals surface area (Å²) in [5.41, 5.74) is -0.528. The zero-order valence-corrected chi connectivity index (χ0v) is 22.8. The minimum absolute atomic E-state index is 0.0822. The molecule has 0 radical (unpaired) electrons. The number of alkyl halides is 6. The number of nitrogens with zero attached hydrogens (tertiary/aromatic N) is 1. The fourth-order valence-electron chi connectivity index (χ4n) is 4.65. The van der Waals surface area contributed by atoms with Crippen LogP contribution in [0.3, 0.4) is 0 Å². The summed E-state index contributed by atoms with van der Waals surface area (Å²) < 4.78 is 85.9. The van der Waals surface area contributed by atoms with Gasteiger partial charge in [-0.2, -0.15) is 26.3 Å².